The minimum absolute atomic E-state index is 0.407. The molecule has 0 N–H and O–H groups in total. The van der Waals surface area contributed by atoms with E-state index in [0.717, 1.165) is 67.2 Å². The molecule has 182 valence electrons. The molecule has 0 radical (unpaired) electrons. The molecule has 0 bridgehead atoms. The molecule has 34 heavy (non-hydrogen) atoms. The predicted molar refractivity (Wildman–Crippen MR) is 140 cm³/mol. The molecule has 0 atom stereocenters. The van der Waals surface area contributed by atoms with Gasteiger partial charge in [0.2, 0.25) is 0 Å². The summed E-state index contributed by atoms with van der Waals surface area (Å²) in [6, 6.07) is 8.30. The number of hydrogen-bond donors (Lipinski definition) is 0. The number of ether oxygens (including phenoxy) is 1. The van der Waals surface area contributed by atoms with Gasteiger partial charge in [0.25, 0.3) is 0 Å². The zero-order valence-electron chi connectivity index (χ0n) is 21.6. The molecule has 0 spiro atoms. The van der Waals surface area contributed by atoms with Crippen molar-refractivity contribution >= 4 is 27.7 Å². The maximum Gasteiger partial charge on any atom is 0.158 e. The molecule has 1 aromatic heterocycles. The highest BCUT2D eigenvalue weighted by atomic mass is 32.1. The summed E-state index contributed by atoms with van der Waals surface area (Å²) in [6.45, 7) is 19.2. The van der Waals surface area contributed by atoms with Gasteiger partial charge in [-0.15, -0.1) is 21.6 Å². The molecule has 0 fully saturated rings. The number of thiophene rings is 1. The van der Waals surface area contributed by atoms with Gasteiger partial charge >= 0.3 is 0 Å². The number of hydrogen-bond acceptors (Lipinski definition) is 7. The normalized spacial score (nSPS) is 11.4. The smallest absolute Gasteiger partial charge is 0.158 e. The molecule has 7 nitrogen and oxygen atoms in total. The first-order valence-corrected chi connectivity index (χ1v) is 12.8. The summed E-state index contributed by atoms with van der Waals surface area (Å²) in [6.07, 6.45) is 1.05. The summed E-state index contributed by atoms with van der Waals surface area (Å²) < 4.78 is 6.87. The average Bonchev–Trinajstić information content (AvgIpc) is 3.17. The van der Waals surface area contributed by atoms with Gasteiger partial charge in [0.15, 0.2) is 5.00 Å². The molecule has 0 aliphatic heterocycles. The van der Waals surface area contributed by atoms with Gasteiger partial charge in [-0.25, -0.2) is 0 Å². The predicted octanol–water partition coefficient (Wildman–Crippen LogP) is 6.63. The lowest BCUT2D eigenvalue weighted by molar-refractivity contribution is -0.921. The number of anilines is 1. The zero-order valence-corrected chi connectivity index (χ0v) is 22.4. The molecule has 8 heteroatoms. The Hall–Kier alpha value is -2.94. The minimum atomic E-state index is 0.407. The van der Waals surface area contributed by atoms with Crippen molar-refractivity contribution in [3.8, 4) is 17.9 Å². The maximum atomic E-state index is 9.47. The van der Waals surface area contributed by atoms with E-state index < -0.39 is 0 Å². The van der Waals surface area contributed by atoms with Crippen LogP contribution < -0.4 is 9.64 Å². The van der Waals surface area contributed by atoms with Crippen molar-refractivity contribution in [2.75, 3.05) is 51.3 Å². The first-order chi connectivity index (χ1) is 16.3. The van der Waals surface area contributed by atoms with Crippen LogP contribution >= 0.6 is 11.3 Å². The van der Waals surface area contributed by atoms with Gasteiger partial charge in [-0.05, 0) is 58.2 Å². The maximum absolute atomic E-state index is 9.47. The third-order valence-corrected chi connectivity index (χ3v) is 7.86. The second-order valence-corrected chi connectivity index (χ2v) is 9.47. The van der Waals surface area contributed by atoms with Crippen molar-refractivity contribution in [1.29, 1.82) is 10.5 Å². The number of nitriles is 2. The summed E-state index contributed by atoms with van der Waals surface area (Å²) in [7, 11) is 1.68. The number of aryl methyl sites for hydroxylation is 1. The highest BCUT2D eigenvalue weighted by molar-refractivity contribution is 7.16. The fourth-order valence-electron chi connectivity index (χ4n) is 4.19. The first-order valence-electron chi connectivity index (χ1n) is 12.0. The number of methoxy groups -OCH3 is 1. The Balaban J connectivity index is 2.40. The van der Waals surface area contributed by atoms with Crippen LogP contribution in [-0.2, 0) is 0 Å². The zero-order chi connectivity index (χ0) is 25.3. The summed E-state index contributed by atoms with van der Waals surface area (Å²) in [5.41, 5.74) is 3.80. The lowest BCUT2D eigenvalue weighted by Crippen LogP contribution is -2.51. The Labute approximate surface area is 208 Å². The molecule has 0 amide bonds. The van der Waals surface area contributed by atoms with Crippen molar-refractivity contribution in [2.24, 2.45) is 10.2 Å². The monoisotopic (exact) mass is 481 g/mol. The summed E-state index contributed by atoms with van der Waals surface area (Å²) in [5.74, 6) is 0.760. The first kappa shape index (κ1) is 27.3. The van der Waals surface area contributed by atoms with Crippen LogP contribution in [0.15, 0.2) is 22.4 Å². The van der Waals surface area contributed by atoms with Crippen molar-refractivity contribution < 1.29 is 9.22 Å². The Bertz CT molecular complexity index is 1080. The number of benzene rings is 1. The SMILES string of the molecule is CCCN(CC[N+](CC)(CC)CC)c1cc(C)c(N=Nc2sc(C#N)c(C)c2C#N)cc1OC. The fourth-order valence-corrected chi connectivity index (χ4v) is 5.06. The van der Waals surface area contributed by atoms with Gasteiger partial charge in [-0.1, -0.05) is 6.92 Å². The minimum Gasteiger partial charge on any atom is -0.495 e. The van der Waals surface area contributed by atoms with Crippen molar-refractivity contribution in [3.63, 3.8) is 0 Å². The fraction of sp³-hybridized carbons (Fsp3) is 0.538. The molecule has 1 aromatic carbocycles. The topological polar surface area (TPSA) is 84.8 Å². The second-order valence-electron chi connectivity index (χ2n) is 8.47. The van der Waals surface area contributed by atoms with Gasteiger partial charge < -0.3 is 14.1 Å². The van der Waals surface area contributed by atoms with Crippen molar-refractivity contribution in [2.45, 2.75) is 48.0 Å². The van der Waals surface area contributed by atoms with E-state index >= 15 is 0 Å². The third-order valence-electron chi connectivity index (χ3n) is 6.78. The van der Waals surface area contributed by atoms with E-state index in [1.807, 2.05) is 13.0 Å². The standard InChI is InChI=1S/C26H37N6OS/c1-8-12-31(13-14-32(9-2,10-3)11-4)23-15-19(5)22(16-24(23)33-7)29-30-26-21(17-27)20(6)25(18-28)34-26/h15-16H,8-14H2,1-7H3/q+1. The lowest BCUT2D eigenvalue weighted by atomic mass is 10.1. The number of rotatable bonds is 12. The molecule has 0 aliphatic carbocycles. The van der Waals surface area contributed by atoms with Crippen LogP contribution in [0.4, 0.5) is 16.4 Å². The van der Waals surface area contributed by atoms with Gasteiger partial charge in [0.1, 0.15) is 22.8 Å². The van der Waals surface area contributed by atoms with E-state index in [-0.39, 0.29) is 0 Å². The van der Waals surface area contributed by atoms with Crippen LogP contribution in [0.1, 0.15) is 55.7 Å². The molecule has 2 aromatic rings. The van der Waals surface area contributed by atoms with Crippen LogP contribution in [0.2, 0.25) is 0 Å². The Morgan fingerprint density at radius 1 is 1.00 bits per heavy atom. The summed E-state index contributed by atoms with van der Waals surface area (Å²) in [5, 5.41) is 28.0. The quantitative estimate of drug-likeness (QED) is 0.252. The Morgan fingerprint density at radius 2 is 1.68 bits per heavy atom. The summed E-state index contributed by atoms with van der Waals surface area (Å²) in [4.78, 5) is 2.90. The second kappa shape index (κ2) is 12.5. The average molecular weight is 482 g/mol. The van der Waals surface area contributed by atoms with E-state index in [0.29, 0.717) is 26.7 Å². The largest absolute Gasteiger partial charge is 0.495 e. The molecule has 0 saturated carbocycles. The molecule has 1 heterocycles. The van der Waals surface area contributed by atoms with Gasteiger partial charge in [-0.3, -0.25) is 0 Å². The Kier molecular flexibility index (Phi) is 10.0. The van der Waals surface area contributed by atoms with Crippen molar-refractivity contribution in [1.82, 2.24) is 0 Å². The number of likely N-dealkylation sites (N-methyl/N-ethyl adjacent to an activating group) is 1. The highest BCUT2D eigenvalue weighted by Crippen LogP contribution is 2.39. The molecular formula is C26H37N6OS+. The Morgan fingerprint density at radius 3 is 2.21 bits per heavy atom. The summed E-state index contributed by atoms with van der Waals surface area (Å²) >= 11 is 1.19. The molecular weight excluding hydrogens is 444 g/mol. The molecule has 0 saturated heterocycles. The highest BCUT2D eigenvalue weighted by Gasteiger charge is 2.23. The molecule has 2 rings (SSSR count). The van der Waals surface area contributed by atoms with Gasteiger partial charge in [0, 0.05) is 12.6 Å². The van der Waals surface area contributed by atoms with Crippen LogP contribution in [0, 0.1) is 36.5 Å². The number of nitrogens with zero attached hydrogens (tertiary/aromatic N) is 6. The number of quaternary nitrogens is 1. The van der Waals surface area contributed by atoms with E-state index in [1.165, 1.54) is 11.3 Å². The third kappa shape index (κ3) is 5.94. The van der Waals surface area contributed by atoms with Crippen LogP contribution in [0.5, 0.6) is 5.75 Å². The van der Waals surface area contributed by atoms with Crippen molar-refractivity contribution in [3.05, 3.63) is 33.7 Å². The molecule has 0 aliphatic rings. The van der Waals surface area contributed by atoms with E-state index in [9.17, 15) is 10.5 Å². The van der Waals surface area contributed by atoms with E-state index in [2.05, 4.69) is 61.0 Å². The molecule has 0 unspecified atom stereocenters. The number of azo groups is 1. The lowest BCUT2D eigenvalue weighted by Gasteiger charge is -2.38. The van der Waals surface area contributed by atoms with E-state index in [1.54, 1.807) is 14.0 Å². The van der Waals surface area contributed by atoms with Gasteiger partial charge in [0.05, 0.1) is 56.8 Å². The van der Waals surface area contributed by atoms with Crippen LogP contribution in [-0.4, -0.2) is 50.9 Å². The van der Waals surface area contributed by atoms with E-state index in [4.69, 9.17) is 4.74 Å². The van der Waals surface area contributed by atoms with Crippen LogP contribution in [0.3, 0.4) is 0 Å². The van der Waals surface area contributed by atoms with Gasteiger partial charge in [-0.2, -0.15) is 10.5 Å². The van der Waals surface area contributed by atoms with Crippen LogP contribution in [0.25, 0.3) is 0 Å².